The minimum atomic E-state index is -4.63. The number of benzene rings is 3. The van der Waals surface area contributed by atoms with Crippen molar-refractivity contribution in [1.82, 2.24) is 55.1 Å². The summed E-state index contributed by atoms with van der Waals surface area (Å²) < 4.78 is 41.0. The molecule has 3 aromatic carbocycles. The Morgan fingerprint density at radius 3 is 1.72 bits per heavy atom. The highest BCUT2D eigenvalue weighted by molar-refractivity contribution is 6.30. The van der Waals surface area contributed by atoms with Crippen LogP contribution >= 0.6 is 11.6 Å². The van der Waals surface area contributed by atoms with E-state index in [2.05, 4.69) is 16.0 Å². The van der Waals surface area contributed by atoms with Gasteiger partial charge in [-0.25, -0.2) is 0 Å². The number of halogens is 4. The number of hydrogen-bond acceptors (Lipinski definition) is 11. The molecule has 3 aromatic rings. The van der Waals surface area contributed by atoms with Gasteiger partial charge in [-0.1, -0.05) is 100 Å². The molecule has 0 spiro atoms. The quantitative estimate of drug-likeness (QED) is 0.231. The number of carbonyl (C=O) groups excluding carboxylic acids is 11. The van der Waals surface area contributed by atoms with Crippen molar-refractivity contribution in [3.05, 3.63) is 106 Å². The molecule has 0 unspecified atom stereocenters. The average molecular weight is 1330 g/mol. The van der Waals surface area contributed by atoms with Crippen molar-refractivity contribution in [3.8, 4) is 0 Å². The molecule has 0 aromatic heterocycles. The lowest BCUT2D eigenvalue weighted by Gasteiger charge is -2.38. The van der Waals surface area contributed by atoms with E-state index in [4.69, 9.17) is 11.6 Å². The fourth-order valence-electron chi connectivity index (χ4n) is 12.2. The molecule has 3 saturated heterocycles. The first-order valence-electron chi connectivity index (χ1n) is 32.3. The number of fused-ring (bicyclic) bond motifs is 2. The minimum Gasteiger partial charge on any atom is -0.351 e. The average Bonchev–Trinajstić information content (AvgIpc) is 1.41. The summed E-state index contributed by atoms with van der Waals surface area (Å²) in [6.07, 6.45) is -2.60. The number of carbonyl (C=O) groups is 11. The number of likely N-dealkylation sites (N-methyl/N-ethyl adjacent to an activating group) is 6. The zero-order chi connectivity index (χ0) is 69.5. The van der Waals surface area contributed by atoms with Crippen LogP contribution in [-0.4, -0.2) is 228 Å². The molecule has 11 amide bonds. The third kappa shape index (κ3) is 20.0. The van der Waals surface area contributed by atoms with Gasteiger partial charge in [-0.05, 0) is 111 Å². The normalized spacial score (nSPS) is 24.7. The lowest BCUT2D eigenvalue weighted by molar-refractivity contribution is -0.152. The number of rotatable bonds is 11. The number of piperidine rings is 1. The summed E-state index contributed by atoms with van der Waals surface area (Å²) in [5.41, 5.74) is 0.740. The molecule has 3 heterocycles. The van der Waals surface area contributed by atoms with Gasteiger partial charge in [0.25, 0.3) is 0 Å². The maximum absolute atomic E-state index is 15.2. The van der Waals surface area contributed by atoms with E-state index in [1.54, 1.807) is 68.4 Å². The second-order valence-electron chi connectivity index (χ2n) is 25.9. The summed E-state index contributed by atoms with van der Waals surface area (Å²) in [6.45, 7) is 7.50. The molecule has 0 aliphatic carbocycles. The van der Waals surface area contributed by atoms with Gasteiger partial charge in [0, 0.05) is 85.7 Å². The predicted octanol–water partition coefficient (Wildman–Crippen LogP) is 4.98. The van der Waals surface area contributed by atoms with Gasteiger partial charge in [0.05, 0.1) is 25.2 Å². The number of hydrogen-bond donors (Lipinski definition) is 3. The molecule has 9 atom stereocenters. The molecule has 3 N–H and O–H groups in total. The summed E-state index contributed by atoms with van der Waals surface area (Å²) in [5, 5.41) is 8.96. The van der Waals surface area contributed by atoms with Crippen molar-refractivity contribution in [2.75, 3.05) is 75.0 Å². The first kappa shape index (κ1) is 74.9. The Morgan fingerprint density at radius 2 is 1.11 bits per heavy atom. The molecule has 514 valence electrons. The van der Waals surface area contributed by atoms with E-state index in [1.165, 1.54) is 74.0 Å². The van der Waals surface area contributed by atoms with E-state index < -0.39 is 151 Å². The number of alkyl halides is 3. The van der Waals surface area contributed by atoms with Crippen LogP contribution in [0.5, 0.6) is 0 Å². The van der Waals surface area contributed by atoms with Crippen LogP contribution in [0.25, 0.3) is 0 Å². The summed E-state index contributed by atoms with van der Waals surface area (Å²) in [6, 6.07) is 10.6. The van der Waals surface area contributed by atoms with Gasteiger partial charge in [0.1, 0.15) is 42.3 Å². The van der Waals surface area contributed by atoms with Crippen molar-refractivity contribution >= 4 is 76.6 Å². The van der Waals surface area contributed by atoms with Crippen molar-refractivity contribution in [2.45, 2.75) is 166 Å². The molecule has 3 fully saturated rings. The third-order valence-corrected chi connectivity index (χ3v) is 18.5. The van der Waals surface area contributed by atoms with Crippen LogP contribution in [0.2, 0.25) is 5.02 Å². The summed E-state index contributed by atoms with van der Waals surface area (Å²) in [4.78, 5) is 170. The van der Waals surface area contributed by atoms with Crippen LogP contribution in [-0.2, 0) is 78.2 Å². The zero-order valence-electron chi connectivity index (χ0n) is 55.9. The number of nitrogens with zero attached hydrogens (tertiary/aromatic N) is 8. The summed E-state index contributed by atoms with van der Waals surface area (Å²) >= 11 is 6.22. The van der Waals surface area contributed by atoms with E-state index >= 15 is 14.4 Å². The van der Waals surface area contributed by atoms with E-state index in [-0.39, 0.29) is 70.4 Å². The Hall–Kier alpha value is -8.09. The van der Waals surface area contributed by atoms with E-state index in [0.717, 1.165) is 31.7 Å². The minimum absolute atomic E-state index is 0.0132. The van der Waals surface area contributed by atoms with Crippen molar-refractivity contribution < 1.29 is 65.9 Å². The molecule has 6 rings (SSSR count). The van der Waals surface area contributed by atoms with Crippen LogP contribution in [0, 0.1) is 11.8 Å². The second kappa shape index (κ2) is 33.8. The Labute approximate surface area is 554 Å². The highest BCUT2D eigenvalue weighted by atomic mass is 35.5. The van der Waals surface area contributed by atoms with Crippen LogP contribution in [0.3, 0.4) is 0 Å². The molecule has 0 bridgehead atoms. The standard InChI is InChI=1S/C68H93ClF3N11O11/c1-12-43(4)60-67(94)78(8)40-58(86)76(6)41-59(87)79(9)54(38-47-25-30-49(69)31-26-47)64(91)77(7)39-56(84)74-50(32-27-45-23-28-48(29-24-45)68(70,71)72)63(90)83-34-18-22-52(83)65(92)81(11)55(37-46-19-14-13-15-20-46)66(93)80(10)53(35-42(2)3)62(89)73-44(5)36-57(85)82-33-17-16-21-51(82)61(88)75-60/h13-15,19-20,23-26,28-31,42-44,50-55,60H,12,16-18,21-22,27,32-41H2,1-11H3,(H,73,89)(H,74,84)(H,75,88)/t43-,44+,50-,51-,52-,53-,54-,55-,60-/m0/s1. The Morgan fingerprint density at radius 1 is 0.543 bits per heavy atom. The molecule has 0 saturated carbocycles. The summed E-state index contributed by atoms with van der Waals surface area (Å²) in [7, 11) is 8.33. The molecule has 0 radical (unpaired) electrons. The van der Waals surface area contributed by atoms with Gasteiger partial charge >= 0.3 is 6.18 Å². The first-order valence-corrected chi connectivity index (χ1v) is 32.7. The van der Waals surface area contributed by atoms with Gasteiger partial charge in [0.15, 0.2) is 0 Å². The second-order valence-corrected chi connectivity index (χ2v) is 26.3. The van der Waals surface area contributed by atoms with E-state index in [0.29, 0.717) is 47.4 Å². The molecule has 26 heteroatoms. The number of nitrogens with one attached hydrogen (secondary N) is 3. The molecular weight excluding hydrogens is 1240 g/mol. The monoisotopic (exact) mass is 1330 g/mol. The maximum Gasteiger partial charge on any atom is 0.416 e. The molecule has 3 aliphatic rings. The lowest BCUT2D eigenvalue weighted by Crippen LogP contribution is -2.60. The highest BCUT2D eigenvalue weighted by Gasteiger charge is 2.44. The smallest absolute Gasteiger partial charge is 0.351 e. The number of aryl methyl sites for hydroxylation is 1. The van der Waals surface area contributed by atoms with Crippen molar-refractivity contribution in [2.24, 2.45) is 11.8 Å². The SMILES string of the molecule is CC[C@H](C)[C@@H]1NC(=O)[C@@H]2CCCCN2C(=O)C[C@@H](C)NC(=O)[C@H](CC(C)C)N(C)C(=O)[C@H](Cc2ccccc2)N(C)C(=O)[C@@H]2CCCN2C(=O)[C@H](CCc2ccc(C(F)(F)F)cc2)NC(=O)CN(C)C(=O)[C@H](Cc2ccc(Cl)cc2)N(C)C(=O)CN(C)C(=O)CN(C)C1=O. The Balaban J connectivity index is 1.39. The topological polar surface area (TPSA) is 250 Å². The van der Waals surface area contributed by atoms with Gasteiger partial charge in [-0.3, -0.25) is 52.7 Å². The van der Waals surface area contributed by atoms with E-state index in [9.17, 15) is 51.5 Å². The molecule has 94 heavy (non-hydrogen) atoms. The van der Waals surface area contributed by atoms with Crippen molar-refractivity contribution in [1.29, 1.82) is 0 Å². The van der Waals surface area contributed by atoms with Gasteiger partial charge in [-0.15, -0.1) is 0 Å². The number of amides is 11. The Kier molecular flexibility index (Phi) is 27.0. The Bertz CT molecular complexity index is 3180. The molecule has 22 nitrogen and oxygen atoms in total. The largest absolute Gasteiger partial charge is 0.416 e. The zero-order valence-corrected chi connectivity index (χ0v) is 56.6. The lowest BCUT2D eigenvalue weighted by atomic mass is 9.95. The van der Waals surface area contributed by atoms with Crippen LogP contribution in [0.1, 0.15) is 115 Å². The van der Waals surface area contributed by atoms with E-state index in [1.807, 2.05) is 20.8 Å². The van der Waals surface area contributed by atoms with Crippen LogP contribution in [0.15, 0.2) is 78.9 Å². The third-order valence-electron chi connectivity index (χ3n) is 18.2. The predicted molar refractivity (Wildman–Crippen MR) is 347 cm³/mol. The van der Waals surface area contributed by atoms with Gasteiger partial charge in [0.2, 0.25) is 65.0 Å². The first-order chi connectivity index (χ1) is 44.3. The fraction of sp³-hybridized carbons (Fsp3) is 0.574. The maximum atomic E-state index is 15.2. The van der Waals surface area contributed by atoms with Crippen molar-refractivity contribution in [3.63, 3.8) is 0 Å². The summed E-state index contributed by atoms with van der Waals surface area (Å²) in [5.74, 6) is -7.65. The van der Waals surface area contributed by atoms with Crippen LogP contribution in [0.4, 0.5) is 13.2 Å². The highest BCUT2D eigenvalue weighted by Crippen LogP contribution is 2.30. The van der Waals surface area contributed by atoms with Gasteiger partial charge < -0.3 is 55.1 Å². The fourth-order valence-corrected chi connectivity index (χ4v) is 12.4. The molecular formula is C68H93ClF3N11O11. The van der Waals surface area contributed by atoms with Crippen LogP contribution < -0.4 is 16.0 Å². The van der Waals surface area contributed by atoms with Gasteiger partial charge in [-0.2, -0.15) is 13.2 Å². The molecule has 3 aliphatic heterocycles.